The summed E-state index contributed by atoms with van der Waals surface area (Å²) in [7, 11) is 0. The Morgan fingerprint density at radius 1 is 0.976 bits per heavy atom. The van der Waals surface area contributed by atoms with Crippen LogP contribution < -0.4 is 0 Å². The van der Waals surface area contributed by atoms with E-state index in [1.54, 1.807) is 6.92 Å². The highest BCUT2D eigenvalue weighted by Crippen LogP contribution is 2.62. The number of aryl methyl sites for hydroxylation is 2. The van der Waals surface area contributed by atoms with Crippen LogP contribution >= 0.6 is 0 Å². The summed E-state index contributed by atoms with van der Waals surface area (Å²) in [5.74, 6) is 0.869. The van der Waals surface area contributed by atoms with Gasteiger partial charge in [0.15, 0.2) is 11.6 Å². The van der Waals surface area contributed by atoms with Crippen LogP contribution in [-0.2, 0) is 22.6 Å². The highest BCUT2D eigenvalue weighted by Gasteiger charge is 2.65. The van der Waals surface area contributed by atoms with Gasteiger partial charge in [0.05, 0.1) is 11.6 Å². The molecule has 4 heterocycles. The number of hydrogen-bond donors (Lipinski definition) is 0. The predicted octanol–water partition coefficient (Wildman–Crippen LogP) is 6.62. The van der Waals surface area contributed by atoms with Crippen LogP contribution in [0.3, 0.4) is 0 Å². The van der Waals surface area contributed by atoms with Gasteiger partial charge in [-0.2, -0.15) is 0 Å². The van der Waals surface area contributed by atoms with Crippen molar-refractivity contribution in [3.63, 3.8) is 0 Å². The van der Waals surface area contributed by atoms with E-state index in [0.717, 1.165) is 65.5 Å². The van der Waals surface area contributed by atoms with Gasteiger partial charge in [0.25, 0.3) is 0 Å². The number of ketones is 2. The van der Waals surface area contributed by atoms with Gasteiger partial charge in [-0.05, 0) is 74.6 Å². The van der Waals surface area contributed by atoms with Crippen LogP contribution in [0, 0.1) is 12.3 Å². The van der Waals surface area contributed by atoms with Crippen molar-refractivity contribution < 1.29 is 14.4 Å². The Balaban J connectivity index is 1.44. The van der Waals surface area contributed by atoms with Crippen molar-refractivity contribution in [1.29, 1.82) is 0 Å². The van der Waals surface area contributed by atoms with Gasteiger partial charge in [-0.25, -0.2) is 9.97 Å². The molecule has 3 aliphatic rings. The lowest BCUT2D eigenvalue weighted by molar-refractivity contribution is -0.139. The van der Waals surface area contributed by atoms with Crippen LogP contribution in [0.4, 0.5) is 0 Å². The highest BCUT2D eigenvalue weighted by atomic mass is 16.2. The van der Waals surface area contributed by atoms with Crippen LogP contribution in [0.15, 0.2) is 30.7 Å². The first-order valence-electron chi connectivity index (χ1n) is 15.6. The molecule has 2 aliphatic heterocycles. The molecule has 0 unspecified atom stereocenters. The smallest absolute Gasteiger partial charge is 0.243 e. The molecular formula is C34H42N4O3. The molecule has 0 spiro atoms. The van der Waals surface area contributed by atoms with Gasteiger partial charge in [-0.15, -0.1) is 0 Å². The van der Waals surface area contributed by atoms with E-state index in [4.69, 9.17) is 0 Å². The molecule has 2 fully saturated rings. The fourth-order valence-corrected chi connectivity index (χ4v) is 7.60. The first kappa shape index (κ1) is 27.8. The van der Waals surface area contributed by atoms with Crippen LogP contribution in [0.2, 0.25) is 0 Å². The Bertz CT molecular complexity index is 1490. The molecule has 0 radical (unpaired) electrons. The highest BCUT2D eigenvalue weighted by molar-refractivity contribution is 6.09. The van der Waals surface area contributed by atoms with Gasteiger partial charge < -0.3 is 9.47 Å². The lowest BCUT2D eigenvalue weighted by Gasteiger charge is -2.27. The van der Waals surface area contributed by atoms with Gasteiger partial charge in [-0.3, -0.25) is 14.4 Å². The molecule has 0 N–H and O–H groups in total. The SMILES string of the molecule is CCC(=O)[C@@H]1C[C@]23CCCCCCCCCc4cc(-c5cnc(C)nc5)cc5c(C(C)=O)cn(c45)CC(=O)N1[C@@H]2C3. The van der Waals surface area contributed by atoms with Gasteiger partial charge in [0.2, 0.25) is 5.91 Å². The Hall–Kier alpha value is -3.35. The quantitative estimate of drug-likeness (QED) is 0.338. The van der Waals surface area contributed by atoms with E-state index >= 15 is 0 Å². The molecule has 7 nitrogen and oxygen atoms in total. The van der Waals surface area contributed by atoms with E-state index in [1.165, 1.54) is 38.5 Å². The number of benzene rings is 1. The molecule has 1 amide bonds. The minimum absolute atomic E-state index is 0.000505. The minimum Gasteiger partial charge on any atom is -0.337 e. The summed E-state index contributed by atoms with van der Waals surface area (Å²) in [5.41, 5.74) is 4.76. The maximum Gasteiger partial charge on any atom is 0.243 e. The molecule has 3 aromatic rings. The number of aromatic nitrogens is 3. The average Bonchev–Trinajstić information content (AvgIpc) is 3.36. The van der Waals surface area contributed by atoms with Gasteiger partial charge >= 0.3 is 0 Å². The average molecular weight is 555 g/mol. The minimum atomic E-state index is -0.313. The normalized spacial score (nSPS) is 25.1. The van der Waals surface area contributed by atoms with Crippen molar-refractivity contribution in [2.45, 2.75) is 116 Å². The van der Waals surface area contributed by atoms with E-state index < -0.39 is 0 Å². The van der Waals surface area contributed by atoms with Crippen molar-refractivity contribution in [3.05, 3.63) is 47.7 Å². The van der Waals surface area contributed by atoms with E-state index in [1.807, 2.05) is 41.9 Å². The van der Waals surface area contributed by atoms with E-state index in [-0.39, 0.29) is 41.5 Å². The van der Waals surface area contributed by atoms with Gasteiger partial charge in [0, 0.05) is 47.6 Å². The summed E-state index contributed by atoms with van der Waals surface area (Å²) >= 11 is 0. The predicted molar refractivity (Wildman–Crippen MR) is 160 cm³/mol. The van der Waals surface area contributed by atoms with Crippen LogP contribution in [0.1, 0.15) is 106 Å². The first-order chi connectivity index (χ1) is 19.8. The molecule has 7 heteroatoms. The van der Waals surface area contributed by atoms with E-state index in [9.17, 15) is 14.4 Å². The number of hydrogen-bond acceptors (Lipinski definition) is 5. The van der Waals surface area contributed by atoms with Crippen LogP contribution in [-0.4, -0.2) is 49.0 Å². The summed E-state index contributed by atoms with van der Waals surface area (Å²) in [4.78, 5) is 50.8. The van der Waals surface area contributed by atoms with Crippen molar-refractivity contribution in [1.82, 2.24) is 19.4 Å². The molecule has 3 atom stereocenters. The third kappa shape index (κ3) is 5.24. The lowest BCUT2D eigenvalue weighted by atomic mass is 9.91. The molecule has 1 saturated carbocycles. The molecule has 1 aliphatic carbocycles. The van der Waals surface area contributed by atoms with Crippen LogP contribution in [0.25, 0.3) is 22.0 Å². The zero-order valence-electron chi connectivity index (χ0n) is 24.7. The second-order valence-electron chi connectivity index (χ2n) is 12.7. The molecular weight excluding hydrogens is 512 g/mol. The third-order valence-corrected chi connectivity index (χ3v) is 9.90. The molecule has 1 aromatic carbocycles. The maximum absolute atomic E-state index is 14.1. The second kappa shape index (κ2) is 11.1. The summed E-state index contributed by atoms with van der Waals surface area (Å²) < 4.78 is 1.99. The summed E-state index contributed by atoms with van der Waals surface area (Å²) in [5, 5.41) is 0.875. The Morgan fingerprint density at radius 3 is 2.39 bits per heavy atom. The molecule has 216 valence electrons. The molecule has 1 saturated heterocycles. The topological polar surface area (TPSA) is 85.2 Å². The number of carbonyl (C=O) groups excluding carboxylic acids is 3. The van der Waals surface area contributed by atoms with Crippen molar-refractivity contribution >= 4 is 28.4 Å². The number of nitrogens with zero attached hydrogens (tertiary/aromatic N) is 4. The largest absolute Gasteiger partial charge is 0.337 e. The monoisotopic (exact) mass is 554 g/mol. The second-order valence-corrected chi connectivity index (χ2v) is 12.7. The summed E-state index contributed by atoms with van der Waals surface area (Å²) in [6.45, 7) is 5.51. The third-order valence-electron chi connectivity index (χ3n) is 9.90. The maximum atomic E-state index is 14.1. The first-order valence-corrected chi connectivity index (χ1v) is 15.6. The van der Waals surface area contributed by atoms with E-state index in [2.05, 4.69) is 22.1 Å². The number of piperidine rings is 1. The summed E-state index contributed by atoms with van der Waals surface area (Å²) in [6.07, 6.45) is 18.2. The standard InChI is InChI=1S/C34H42N4O3/c1-4-30(40)29-16-34-13-11-9-7-5-6-8-10-12-24-14-25(26-18-35-23(3)36-19-26)15-27-28(22(2)39)20-37(33(24)27)21-32(41)38(29)31(34)17-34/h14-15,18-20,29,31H,4-13,16-17,21H2,1-3H3/t29-,31+,34-/m0/s1. The fraction of sp³-hybridized carbons (Fsp3) is 0.559. The number of Topliss-reactive ketones (excluding diaryl/α,β-unsaturated/α-hetero) is 2. The Kier molecular flexibility index (Phi) is 7.56. The molecule has 41 heavy (non-hydrogen) atoms. The molecule has 2 bridgehead atoms. The van der Waals surface area contributed by atoms with Crippen molar-refractivity contribution in [2.24, 2.45) is 5.41 Å². The molecule has 6 rings (SSSR count). The zero-order chi connectivity index (χ0) is 28.7. The number of rotatable bonds is 4. The lowest BCUT2D eigenvalue weighted by Crippen LogP contribution is -2.44. The fourth-order valence-electron chi connectivity index (χ4n) is 7.60. The van der Waals surface area contributed by atoms with Crippen LogP contribution in [0.5, 0.6) is 0 Å². The van der Waals surface area contributed by atoms with Crippen molar-refractivity contribution in [2.75, 3.05) is 0 Å². The number of carbonyl (C=O) groups is 3. The molecule has 2 aromatic heterocycles. The Morgan fingerprint density at radius 2 is 1.68 bits per heavy atom. The zero-order valence-corrected chi connectivity index (χ0v) is 24.7. The summed E-state index contributed by atoms with van der Waals surface area (Å²) in [6, 6.07) is 4.11. The van der Waals surface area contributed by atoms with Crippen molar-refractivity contribution in [3.8, 4) is 11.1 Å². The van der Waals surface area contributed by atoms with Gasteiger partial charge in [0.1, 0.15) is 12.4 Å². The Labute approximate surface area is 242 Å². The van der Waals surface area contributed by atoms with E-state index in [0.29, 0.717) is 12.0 Å². The number of amides is 1. The van der Waals surface area contributed by atoms with Gasteiger partial charge in [-0.1, -0.05) is 45.4 Å².